The van der Waals surface area contributed by atoms with E-state index in [0.29, 0.717) is 37.2 Å². The molecule has 1 saturated carbocycles. The van der Waals surface area contributed by atoms with Crippen molar-refractivity contribution < 1.29 is 19.5 Å². The van der Waals surface area contributed by atoms with Gasteiger partial charge in [-0.05, 0) is 60.4 Å². The van der Waals surface area contributed by atoms with Crippen LogP contribution in [-0.2, 0) is 29.1 Å². The van der Waals surface area contributed by atoms with Crippen LogP contribution in [0, 0.1) is 0 Å². The summed E-state index contributed by atoms with van der Waals surface area (Å²) in [6, 6.07) is 12.6. The molecule has 2 aliphatic rings. The van der Waals surface area contributed by atoms with Crippen molar-refractivity contribution in [3.63, 3.8) is 0 Å². The van der Waals surface area contributed by atoms with E-state index in [1.165, 1.54) is 43.2 Å². The van der Waals surface area contributed by atoms with Crippen molar-refractivity contribution in [1.29, 1.82) is 0 Å². The van der Waals surface area contributed by atoms with Gasteiger partial charge >= 0.3 is 6.16 Å². The first-order valence-electron chi connectivity index (χ1n) is 12.6. The second kappa shape index (κ2) is 11.9. The van der Waals surface area contributed by atoms with E-state index in [0.717, 1.165) is 28.8 Å². The molecule has 188 valence electrons. The molecule has 1 aliphatic carbocycles. The highest BCUT2D eigenvalue weighted by Crippen LogP contribution is 2.35. The van der Waals surface area contributed by atoms with Crippen LogP contribution in [0.3, 0.4) is 0 Å². The van der Waals surface area contributed by atoms with E-state index in [2.05, 4.69) is 35.2 Å². The number of rotatable bonds is 9. The van der Waals surface area contributed by atoms with Crippen molar-refractivity contribution in [2.45, 2.75) is 77.5 Å². The standard InChI is InChI=1S/C28H35ClN2O4/c1-3-21-13-20(9-12-26(21)22-7-5-4-6-8-22)18-34-30-19(2)23-10-11-24(27(29)14-23)15-31-16-25(17-31)35-28(32)33/h9-14,22,25H,3-8,15-18H2,1-2H3,(H,32,33). The number of aryl methyl sites for hydroxylation is 1. The molecule has 0 bridgehead atoms. The van der Waals surface area contributed by atoms with E-state index < -0.39 is 6.16 Å². The predicted octanol–water partition coefficient (Wildman–Crippen LogP) is 6.77. The highest BCUT2D eigenvalue weighted by atomic mass is 35.5. The highest BCUT2D eigenvalue weighted by Gasteiger charge is 2.30. The van der Waals surface area contributed by atoms with Crippen molar-refractivity contribution in [3.8, 4) is 0 Å². The summed E-state index contributed by atoms with van der Waals surface area (Å²) in [5.74, 6) is 0.710. The van der Waals surface area contributed by atoms with Gasteiger partial charge in [0, 0.05) is 30.2 Å². The van der Waals surface area contributed by atoms with Crippen molar-refractivity contribution in [2.75, 3.05) is 13.1 Å². The fourth-order valence-corrected chi connectivity index (χ4v) is 5.37. The molecule has 6 nitrogen and oxygen atoms in total. The lowest BCUT2D eigenvalue weighted by molar-refractivity contribution is -0.0363. The van der Waals surface area contributed by atoms with Crippen LogP contribution in [-0.4, -0.2) is 41.1 Å². The topological polar surface area (TPSA) is 71.4 Å². The van der Waals surface area contributed by atoms with E-state index in [1.54, 1.807) is 0 Å². The van der Waals surface area contributed by atoms with Gasteiger partial charge in [0.1, 0.15) is 12.7 Å². The second-order valence-electron chi connectivity index (χ2n) is 9.68. The van der Waals surface area contributed by atoms with Gasteiger partial charge in [0.05, 0.1) is 5.71 Å². The van der Waals surface area contributed by atoms with Crippen LogP contribution < -0.4 is 0 Å². The summed E-state index contributed by atoms with van der Waals surface area (Å²) in [4.78, 5) is 18.4. The van der Waals surface area contributed by atoms with E-state index >= 15 is 0 Å². The summed E-state index contributed by atoms with van der Waals surface area (Å²) in [5.41, 5.74) is 6.77. The number of hydrogen-bond donors (Lipinski definition) is 1. The summed E-state index contributed by atoms with van der Waals surface area (Å²) < 4.78 is 4.76. The lowest BCUT2D eigenvalue weighted by Gasteiger charge is -2.37. The van der Waals surface area contributed by atoms with Gasteiger partial charge in [0.2, 0.25) is 0 Å². The first-order valence-corrected chi connectivity index (χ1v) is 13.0. The molecular weight excluding hydrogens is 464 g/mol. The van der Waals surface area contributed by atoms with Crippen LogP contribution in [0.4, 0.5) is 4.79 Å². The van der Waals surface area contributed by atoms with E-state index in [1.807, 2.05) is 25.1 Å². The first kappa shape index (κ1) is 25.5. The molecule has 35 heavy (non-hydrogen) atoms. The maximum atomic E-state index is 10.6. The SMILES string of the molecule is CCc1cc(CON=C(C)c2ccc(CN3CC(OC(=O)O)C3)c(Cl)c2)ccc1C1CCCCC1. The minimum absolute atomic E-state index is 0.256. The summed E-state index contributed by atoms with van der Waals surface area (Å²) in [6.07, 6.45) is 6.24. The van der Waals surface area contributed by atoms with Gasteiger partial charge < -0.3 is 14.7 Å². The van der Waals surface area contributed by atoms with Gasteiger partial charge in [0.15, 0.2) is 0 Å². The average Bonchev–Trinajstić information content (AvgIpc) is 2.83. The third kappa shape index (κ3) is 6.77. The Balaban J connectivity index is 1.31. The van der Waals surface area contributed by atoms with Crippen LogP contribution in [0.5, 0.6) is 0 Å². The molecule has 0 radical (unpaired) electrons. The van der Waals surface area contributed by atoms with Crippen molar-refractivity contribution in [2.24, 2.45) is 5.16 Å². The fourth-order valence-electron chi connectivity index (χ4n) is 5.13. The molecule has 7 heteroatoms. The molecule has 0 aromatic heterocycles. The smallest absolute Gasteiger partial charge is 0.450 e. The quantitative estimate of drug-likeness (QED) is 0.234. The zero-order chi connectivity index (χ0) is 24.8. The Morgan fingerprint density at radius 3 is 2.57 bits per heavy atom. The van der Waals surface area contributed by atoms with Gasteiger partial charge in [-0.3, -0.25) is 4.90 Å². The predicted molar refractivity (Wildman–Crippen MR) is 138 cm³/mol. The molecule has 2 fully saturated rings. The molecule has 2 aromatic carbocycles. The summed E-state index contributed by atoms with van der Waals surface area (Å²) in [7, 11) is 0. The molecule has 2 aromatic rings. The maximum absolute atomic E-state index is 10.6. The number of benzene rings is 2. The maximum Gasteiger partial charge on any atom is 0.506 e. The van der Waals surface area contributed by atoms with Crippen LogP contribution in [0.15, 0.2) is 41.6 Å². The molecular formula is C28H35ClN2O4. The lowest BCUT2D eigenvalue weighted by Crippen LogP contribution is -2.52. The van der Waals surface area contributed by atoms with Gasteiger partial charge in [0.25, 0.3) is 0 Å². The molecule has 0 amide bonds. The van der Waals surface area contributed by atoms with Crippen molar-refractivity contribution in [3.05, 3.63) is 69.2 Å². The van der Waals surface area contributed by atoms with Gasteiger partial charge in [-0.2, -0.15) is 0 Å². The Labute approximate surface area is 212 Å². The minimum Gasteiger partial charge on any atom is -0.450 e. The summed E-state index contributed by atoms with van der Waals surface area (Å²) >= 11 is 6.51. The van der Waals surface area contributed by atoms with Crippen LogP contribution in [0.25, 0.3) is 0 Å². The fraction of sp³-hybridized carbons (Fsp3) is 0.500. The molecule has 1 saturated heterocycles. The number of ether oxygens (including phenoxy) is 1. The Kier molecular flexibility index (Phi) is 8.69. The number of halogens is 1. The molecule has 4 rings (SSSR count). The summed E-state index contributed by atoms with van der Waals surface area (Å²) in [6.45, 7) is 6.40. The minimum atomic E-state index is -1.23. The largest absolute Gasteiger partial charge is 0.506 e. The van der Waals surface area contributed by atoms with Crippen molar-refractivity contribution in [1.82, 2.24) is 4.90 Å². The number of likely N-dealkylation sites (tertiary alicyclic amines) is 1. The van der Waals surface area contributed by atoms with Gasteiger partial charge in [-0.15, -0.1) is 0 Å². The number of carbonyl (C=O) groups is 1. The lowest BCUT2D eigenvalue weighted by atomic mass is 9.81. The number of nitrogens with zero attached hydrogens (tertiary/aromatic N) is 2. The van der Waals surface area contributed by atoms with E-state index in [-0.39, 0.29) is 6.10 Å². The van der Waals surface area contributed by atoms with E-state index in [9.17, 15) is 4.79 Å². The van der Waals surface area contributed by atoms with E-state index in [4.69, 9.17) is 26.3 Å². The molecule has 0 spiro atoms. The van der Waals surface area contributed by atoms with Gasteiger partial charge in [-0.25, -0.2) is 4.79 Å². The molecule has 1 N–H and O–H groups in total. The van der Waals surface area contributed by atoms with Crippen LogP contribution >= 0.6 is 11.6 Å². The number of oxime groups is 1. The molecule has 0 unspecified atom stereocenters. The zero-order valence-corrected chi connectivity index (χ0v) is 21.4. The molecule has 1 aliphatic heterocycles. The third-order valence-corrected chi connectivity index (χ3v) is 7.47. The van der Waals surface area contributed by atoms with Crippen molar-refractivity contribution >= 4 is 23.5 Å². The molecule has 0 atom stereocenters. The number of hydrogen-bond acceptors (Lipinski definition) is 5. The highest BCUT2D eigenvalue weighted by molar-refractivity contribution is 6.31. The Bertz CT molecular complexity index is 1060. The van der Waals surface area contributed by atoms with Crippen LogP contribution in [0.2, 0.25) is 5.02 Å². The average molecular weight is 499 g/mol. The molecule has 1 heterocycles. The number of carboxylic acid groups (broad SMARTS) is 1. The Morgan fingerprint density at radius 1 is 1.11 bits per heavy atom. The Morgan fingerprint density at radius 2 is 1.89 bits per heavy atom. The zero-order valence-electron chi connectivity index (χ0n) is 20.6. The first-order chi connectivity index (χ1) is 16.9. The Hall–Kier alpha value is -2.57. The third-order valence-electron chi connectivity index (χ3n) is 7.12. The summed E-state index contributed by atoms with van der Waals surface area (Å²) in [5, 5.41) is 13.7. The monoisotopic (exact) mass is 498 g/mol. The normalized spacial score (nSPS) is 17.7. The van der Waals surface area contributed by atoms with Gasteiger partial charge in [-0.1, -0.05) is 73.3 Å². The van der Waals surface area contributed by atoms with Crippen LogP contribution in [0.1, 0.15) is 79.7 Å². The second-order valence-corrected chi connectivity index (χ2v) is 10.1.